The topological polar surface area (TPSA) is 69.0 Å². The first-order chi connectivity index (χ1) is 15.9. The number of anilines is 1. The summed E-state index contributed by atoms with van der Waals surface area (Å²) in [4.78, 5) is 13.6. The van der Waals surface area contributed by atoms with Crippen molar-refractivity contribution in [2.24, 2.45) is 0 Å². The molecular weight excluding hydrogens is 473 g/mol. The minimum atomic E-state index is -4.77. The van der Waals surface area contributed by atoms with Gasteiger partial charge in [-0.05, 0) is 47.8 Å². The monoisotopic (exact) mass is 490 g/mol. The number of aromatic nitrogens is 3. The number of alkyl halides is 3. The van der Waals surface area contributed by atoms with E-state index in [1.54, 1.807) is 11.3 Å². The van der Waals surface area contributed by atoms with E-state index < -0.39 is 6.36 Å². The van der Waals surface area contributed by atoms with Gasteiger partial charge in [-0.15, -0.1) is 34.7 Å². The fraction of sp³-hybridized carbons (Fsp3) is 0.136. The number of hydrogen-bond donors (Lipinski definition) is 1. The maximum absolute atomic E-state index is 12.4. The molecule has 1 amide bonds. The summed E-state index contributed by atoms with van der Waals surface area (Å²) in [5.41, 5.74) is 1.25. The third-order valence-corrected chi connectivity index (χ3v) is 6.14. The van der Waals surface area contributed by atoms with Gasteiger partial charge in [0.05, 0.1) is 5.75 Å². The number of hydrogen-bond acceptors (Lipinski definition) is 6. The van der Waals surface area contributed by atoms with E-state index in [1.165, 1.54) is 23.9 Å². The standard InChI is InChI=1S/C22H17F3N4O2S2/c23-22(24,25)31-17-10-8-15(9-11-17)26-20(30)14-33-21-28-27-19(13-18-7-4-12-32-18)29(21)16-5-2-1-3-6-16/h1-12H,13-14H2,(H,26,30). The van der Waals surface area contributed by atoms with E-state index in [9.17, 15) is 18.0 Å². The van der Waals surface area contributed by atoms with Gasteiger partial charge in [0, 0.05) is 22.7 Å². The van der Waals surface area contributed by atoms with Gasteiger partial charge >= 0.3 is 6.36 Å². The van der Waals surface area contributed by atoms with Gasteiger partial charge in [0.1, 0.15) is 11.6 Å². The molecule has 4 rings (SSSR count). The zero-order valence-electron chi connectivity index (χ0n) is 17.0. The van der Waals surface area contributed by atoms with Crippen LogP contribution in [0.3, 0.4) is 0 Å². The zero-order chi connectivity index (χ0) is 23.3. The molecular formula is C22H17F3N4O2S2. The van der Waals surface area contributed by atoms with Crippen molar-refractivity contribution in [1.29, 1.82) is 0 Å². The number of thiophene rings is 1. The van der Waals surface area contributed by atoms with E-state index in [2.05, 4.69) is 20.3 Å². The number of ether oxygens (including phenoxy) is 1. The second-order valence-electron chi connectivity index (χ2n) is 6.73. The molecule has 0 radical (unpaired) electrons. The molecule has 0 fully saturated rings. The van der Waals surface area contributed by atoms with Gasteiger partial charge in [-0.1, -0.05) is 36.0 Å². The summed E-state index contributed by atoms with van der Waals surface area (Å²) < 4.78 is 42.6. The maximum Gasteiger partial charge on any atom is 0.573 e. The number of benzene rings is 2. The minimum absolute atomic E-state index is 0.0464. The minimum Gasteiger partial charge on any atom is -0.406 e. The van der Waals surface area contributed by atoms with Gasteiger partial charge < -0.3 is 10.1 Å². The summed E-state index contributed by atoms with van der Waals surface area (Å²) in [6.45, 7) is 0. The normalized spacial score (nSPS) is 11.4. The van der Waals surface area contributed by atoms with E-state index in [0.717, 1.165) is 28.5 Å². The number of nitrogens with zero attached hydrogens (tertiary/aromatic N) is 3. The Labute approximate surface area is 195 Å². The van der Waals surface area contributed by atoms with Crippen LogP contribution in [0.1, 0.15) is 10.7 Å². The summed E-state index contributed by atoms with van der Waals surface area (Å²) in [7, 11) is 0. The van der Waals surface area contributed by atoms with Gasteiger partial charge in [-0.25, -0.2) is 0 Å². The van der Waals surface area contributed by atoms with Crippen molar-refractivity contribution in [2.75, 3.05) is 11.1 Å². The number of amides is 1. The fourth-order valence-electron chi connectivity index (χ4n) is 2.98. The Morgan fingerprint density at radius 2 is 1.79 bits per heavy atom. The van der Waals surface area contributed by atoms with Crippen LogP contribution in [-0.4, -0.2) is 32.8 Å². The van der Waals surface area contributed by atoms with Crippen LogP contribution in [0.25, 0.3) is 5.69 Å². The van der Waals surface area contributed by atoms with E-state index in [0.29, 0.717) is 17.3 Å². The first kappa shape index (κ1) is 22.9. The molecule has 2 aromatic carbocycles. The number of para-hydroxylation sites is 1. The molecule has 170 valence electrons. The van der Waals surface area contributed by atoms with E-state index >= 15 is 0 Å². The fourth-order valence-corrected chi connectivity index (χ4v) is 4.45. The third kappa shape index (κ3) is 6.36. The molecule has 0 spiro atoms. The predicted molar refractivity (Wildman–Crippen MR) is 121 cm³/mol. The number of thioether (sulfide) groups is 1. The van der Waals surface area contributed by atoms with Crippen molar-refractivity contribution in [3.63, 3.8) is 0 Å². The van der Waals surface area contributed by atoms with Crippen LogP contribution in [0.2, 0.25) is 0 Å². The molecule has 0 aliphatic carbocycles. The maximum atomic E-state index is 12.4. The number of nitrogens with one attached hydrogen (secondary N) is 1. The molecule has 2 aromatic heterocycles. The van der Waals surface area contributed by atoms with Crippen LogP contribution in [0.5, 0.6) is 5.75 Å². The van der Waals surface area contributed by atoms with Gasteiger partial charge in [-0.2, -0.15) is 0 Å². The van der Waals surface area contributed by atoms with Gasteiger partial charge in [0.25, 0.3) is 0 Å². The first-order valence-corrected chi connectivity index (χ1v) is 11.5. The Bertz CT molecular complexity index is 1190. The van der Waals surface area contributed by atoms with Gasteiger partial charge in [0.2, 0.25) is 5.91 Å². The molecule has 2 heterocycles. The molecule has 0 saturated heterocycles. The lowest BCUT2D eigenvalue weighted by molar-refractivity contribution is -0.274. The lowest BCUT2D eigenvalue weighted by Crippen LogP contribution is -2.17. The molecule has 4 aromatic rings. The van der Waals surface area contributed by atoms with Crippen molar-refractivity contribution in [2.45, 2.75) is 17.9 Å². The molecule has 0 atom stereocenters. The van der Waals surface area contributed by atoms with Crippen molar-refractivity contribution in [3.05, 3.63) is 82.8 Å². The van der Waals surface area contributed by atoms with Crippen molar-refractivity contribution in [3.8, 4) is 11.4 Å². The van der Waals surface area contributed by atoms with Crippen LogP contribution < -0.4 is 10.1 Å². The van der Waals surface area contributed by atoms with Crippen LogP contribution in [0.4, 0.5) is 18.9 Å². The molecule has 11 heteroatoms. The van der Waals surface area contributed by atoms with Crippen molar-refractivity contribution >= 4 is 34.7 Å². The first-order valence-electron chi connectivity index (χ1n) is 9.68. The molecule has 0 aliphatic heterocycles. The van der Waals surface area contributed by atoms with E-state index in [4.69, 9.17) is 0 Å². The average Bonchev–Trinajstić information content (AvgIpc) is 3.43. The molecule has 1 N–H and O–H groups in total. The summed E-state index contributed by atoms with van der Waals surface area (Å²) in [5.74, 6) is 0.118. The molecule has 0 unspecified atom stereocenters. The van der Waals surface area contributed by atoms with E-state index in [1.807, 2.05) is 52.4 Å². The Morgan fingerprint density at radius 3 is 2.45 bits per heavy atom. The number of carbonyl (C=O) groups excluding carboxylic acids is 1. The van der Waals surface area contributed by atoms with Crippen LogP contribution >= 0.6 is 23.1 Å². The number of halogens is 3. The second kappa shape index (κ2) is 10.1. The highest BCUT2D eigenvalue weighted by Gasteiger charge is 2.31. The Balaban J connectivity index is 1.43. The van der Waals surface area contributed by atoms with Crippen molar-refractivity contribution < 1.29 is 22.7 Å². The van der Waals surface area contributed by atoms with Gasteiger partial charge in [0.15, 0.2) is 5.16 Å². The molecule has 0 aliphatic rings. The molecule has 0 saturated carbocycles. The third-order valence-electron chi connectivity index (χ3n) is 4.33. The quantitative estimate of drug-likeness (QED) is 0.328. The van der Waals surface area contributed by atoms with Crippen LogP contribution in [0.15, 0.2) is 77.3 Å². The summed E-state index contributed by atoms with van der Waals surface area (Å²) in [5, 5.41) is 13.8. The number of rotatable bonds is 8. The average molecular weight is 491 g/mol. The summed E-state index contributed by atoms with van der Waals surface area (Å²) in [6, 6.07) is 18.6. The SMILES string of the molecule is O=C(CSc1nnc(Cc2cccs2)n1-c1ccccc1)Nc1ccc(OC(F)(F)F)cc1. The second-order valence-corrected chi connectivity index (χ2v) is 8.71. The highest BCUT2D eigenvalue weighted by atomic mass is 32.2. The summed E-state index contributed by atoms with van der Waals surface area (Å²) >= 11 is 2.85. The Hall–Kier alpha value is -3.31. The summed E-state index contributed by atoms with van der Waals surface area (Å²) in [6.07, 6.45) is -4.16. The van der Waals surface area contributed by atoms with Crippen LogP contribution in [-0.2, 0) is 11.2 Å². The lowest BCUT2D eigenvalue weighted by Gasteiger charge is -2.11. The largest absolute Gasteiger partial charge is 0.573 e. The van der Waals surface area contributed by atoms with Crippen LogP contribution in [0, 0.1) is 0 Å². The molecule has 6 nitrogen and oxygen atoms in total. The molecule has 33 heavy (non-hydrogen) atoms. The zero-order valence-corrected chi connectivity index (χ0v) is 18.6. The Kier molecular flexibility index (Phi) is 6.99. The molecule has 0 bridgehead atoms. The predicted octanol–water partition coefficient (Wildman–Crippen LogP) is 5.55. The van der Waals surface area contributed by atoms with Gasteiger partial charge in [-0.3, -0.25) is 9.36 Å². The smallest absolute Gasteiger partial charge is 0.406 e. The highest BCUT2D eigenvalue weighted by molar-refractivity contribution is 7.99. The van der Waals surface area contributed by atoms with Crippen molar-refractivity contribution in [1.82, 2.24) is 14.8 Å². The highest BCUT2D eigenvalue weighted by Crippen LogP contribution is 2.26. The number of carbonyl (C=O) groups is 1. The van der Waals surface area contributed by atoms with E-state index in [-0.39, 0.29) is 17.4 Å². The Morgan fingerprint density at radius 1 is 1.03 bits per heavy atom. The lowest BCUT2D eigenvalue weighted by atomic mass is 10.3.